The van der Waals surface area contributed by atoms with E-state index in [1.165, 1.54) is 12.8 Å². The first kappa shape index (κ1) is 21.4. The number of unbranched alkanes of at least 4 members (excludes halogenated alkanes) is 2. The van der Waals surface area contributed by atoms with E-state index in [4.69, 9.17) is 19.0 Å². The molecule has 0 saturated carbocycles. The molecule has 6 nitrogen and oxygen atoms in total. The minimum atomic E-state index is -2.68. The molecule has 22 heavy (non-hydrogen) atoms. The molecule has 0 aliphatic carbocycles. The van der Waals surface area contributed by atoms with E-state index >= 15 is 0 Å². The maximum atomic E-state index is 10.7. The van der Waals surface area contributed by atoms with Crippen LogP contribution in [0.3, 0.4) is 0 Å². The molecule has 0 rings (SSSR count). The van der Waals surface area contributed by atoms with Crippen molar-refractivity contribution in [2.24, 2.45) is 5.73 Å². The molecule has 0 saturated heterocycles. The highest BCUT2D eigenvalue weighted by Crippen LogP contribution is 2.22. The second-order valence-electron chi connectivity index (χ2n) is 5.37. The van der Waals surface area contributed by atoms with E-state index in [-0.39, 0.29) is 6.10 Å². The molecule has 0 aromatic rings. The number of nitrogens with one attached hydrogen (secondary N) is 1. The number of nitrogens with two attached hydrogens (primary N) is 1. The fourth-order valence-corrected chi connectivity index (χ4v) is 5.16. The van der Waals surface area contributed by atoms with Crippen LogP contribution in [-0.2, 0) is 13.3 Å². The third-order valence-corrected chi connectivity index (χ3v) is 6.47. The molecule has 1 atom stereocenters. The summed E-state index contributed by atoms with van der Waals surface area (Å²) in [4.78, 5) is 10.7. The molecule has 0 bridgehead atoms. The van der Waals surface area contributed by atoms with Gasteiger partial charge in [0, 0.05) is 31.9 Å². The summed E-state index contributed by atoms with van der Waals surface area (Å²) in [6.07, 6.45) is 5.45. The van der Waals surface area contributed by atoms with Crippen LogP contribution in [0.15, 0.2) is 0 Å². The molecule has 0 aliphatic rings. The van der Waals surface area contributed by atoms with Gasteiger partial charge in [-0.2, -0.15) is 0 Å². The van der Waals surface area contributed by atoms with E-state index in [1.54, 1.807) is 0 Å². The van der Waals surface area contributed by atoms with Gasteiger partial charge in [0.15, 0.2) is 0 Å². The van der Waals surface area contributed by atoms with Gasteiger partial charge in [0.25, 0.3) is 0 Å². The Hall–Kier alpha value is -0.633. The summed E-state index contributed by atoms with van der Waals surface area (Å²) in [5, 5.41) is 2.59. The first-order valence-electron chi connectivity index (χ1n) is 8.48. The summed E-state index contributed by atoms with van der Waals surface area (Å²) in [5.41, 5.74) is 5.08. The molecule has 0 fully saturated rings. The van der Waals surface area contributed by atoms with Gasteiger partial charge in [0.2, 0.25) is 0 Å². The Morgan fingerprint density at radius 3 is 2.27 bits per heavy atom. The van der Waals surface area contributed by atoms with Crippen LogP contribution in [-0.4, -0.2) is 40.7 Å². The lowest BCUT2D eigenvalue weighted by Crippen LogP contribution is -2.48. The Bertz CT molecular complexity index is 287. The van der Waals surface area contributed by atoms with Crippen molar-refractivity contribution < 1.29 is 18.1 Å². The highest BCUT2D eigenvalue weighted by molar-refractivity contribution is 6.60. The number of hydrogen-bond donors (Lipinski definition) is 2. The van der Waals surface area contributed by atoms with Crippen molar-refractivity contribution in [2.75, 3.05) is 19.8 Å². The normalized spacial score (nSPS) is 13.1. The maximum Gasteiger partial charge on any atom is 0.501 e. The Kier molecular flexibility index (Phi) is 12.5. The first-order chi connectivity index (χ1) is 10.5. The lowest BCUT2D eigenvalue weighted by Gasteiger charge is -2.32. The first-order valence-corrected chi connectivity index (χ1v) is 10.4. The quantitative estimate of drug-likeness (QED) is 0.378. The van der Waals surface area contributed by atoms with Gasteiger partial charge < -0.3 is 24.3 Å². The summed E-state index contributed by atoms with van der Waals surface area (Å²) >= 11 is 0. The topological polar surface area (TPSA) is 82.8 Å². The summed E-state index contributed by atoms with van der Waals surface area (Å²) < 4.78 is 18.0. The van der Waals surface area contributed by atoms with Crippen molar-refractivity contribution in [3.8, 4) is 0 Å². The molecule has 7 heteroatoms. The van der Waals surface area contributed by atoms with Crippen molar-refractivity contribution >= 4 is 14.8 Å². The minimum absolute atomic E-state index is 0.125. The molecule has 132 valence electrons. The lowest BCUT2D eigenvalue weighted by molar-refractivity contribution is 0.0344. The molecule has 0 heterocycles. The Labute approximate surface area is 136 Å². The number of hydrogen-bond acceptors (Lipinski definition) is 4. The van der Waals surface area contributed by atoms with E-state index < -0.39 is 14.8 Å². The fraction of sp³-hybridized carbons (Fsp3) is 0.933. The largest absolute Gasteiger partial charge is 0.501 e. The number of amides is 2. The van der Waals surface area contributed by atoms with Gasteiger partial charge in [0.05, 0.1) is 0 Å². The smallest absolute Gasteiger partial charge is 0.374 e. The fourth-order valence-electron chi connectivity index (χ4n) is 2.32. The van der Waals surface area contributed by atoms with Gasteiger partial charge in [-0.3, -0.25) is 0 Å². The Morgan fingerprint density at radius 2 is 1.77 bits per heavy atom. The highest BCUT2D eigenvalue weighted by Gasteiger charge is 2.41. The van der Waals surface area contributed by atoms with Gasteiger partial charge in [0.1, 0.15) is 0 Å². The minimum Gasteiger partial charge on any atom is -0.374 e. The molecule has 0 radical (unpaired) electrons. The average molecular weight is 335 g/mol. The van der Waals surface area contributed by atoms with Gasteiger partial charge >= 0.3 is 14.8 Å². The van der Waals surface area contributed by atoms with Crippen molar-refractivity contribution in [2.45, 2.75) is 71.9 Å². The number of carbonyl (C=O) groups is 1. The van der Waals surface area contributed by atoms with Crippen LogP contribution in [0.2, 0.25) is 6.04 Å². The van der Waals surface area contributed by atoms with Crippen molar-refractivity contribution in [1.82, 2.24) is 5.32 Å². The molecule has 3 N–H and O–H groups in total. The van der Waals surface area contributed by atoms with E-state index in [0.29, 0.717) is 25.8 Å². The Balaban J connectivity index is 4.50. The standard InChI is InChI=1S/C15H34N2O4Si/c1-5-8-9-11-14(4)21-22(19-6-2,20-7-3)13-10-12-17-15(16)18/h14H,5-13H2,1-4H3,(H3,16,17,18). The molecule has 0 aromatic heterocycles. The monoisotopic (exact) mass is 334 g/mol. The second-order valence-corrected chi connectivity index (χ2v) is 8.05. The van der Waals surface area contributed by atoms with Gasteiger partial charge in [-0.15, -0.1) is 0 Å². The van der Waals surface area contributed by atoms with Crippen LogP contribution in [0, 0.1) is 0 Å². The molecular weight excluding hydrogens is 300 g/mol. The molecule has 0 aromatic carbocycles. The summed E-state index contributed by atoms with van der Waals surface area (Å²) in [6.45, 7) is 9.82. The predicted octanol–water partition coefficient (Wildman–Crippen LogP) is 3.04. The third-order valence-electron chi connectivity index (χ3n) is 3.28. The van der Waals surface area contributed by atoms with Gasteiger partial charge in [-0.1, -0.05) is 26.2 Å². The summed E-state index contributed by atoms with van der Waals surface area (Å²) in [5.74, 6) is 0. The van der Waals surface area contributed by atoms with Crippen molar-refractivity contribution in [3.05, 3.63) is 0 Å². The second kappa shape index (κ2) is 12.9. The van der Waals surface area contributed by atoms with Crippen LogP contribution in [0.1, 0.15) is 59.8 Å². The number of carbonyl (C=O) groups excluding carboxylic acids is 1. The van der Waals surface area contributed by atoms with Crippen LogP contribution < -0.4 is 11.1 Å². The number of urea groups is 1. The van der Waals surface area contributed by atoms with Crippen molar-refractivity contribution in [3.63, 3.8) is 0 Å². The van der Waals surface area contributed by atoms with Crippen LogP contribution in [0.5, 0.6) is 0 Å². The van der Waals surface area contributed by atoms with E-state index in [9.17, 15) is 4.79 Å². The van der Waals surface area contributed by atoms with Crippen LogP contribution in [0.25, 0.3) is 0 Å². The summed E-state index contributed by atoms with van der Waals surface area (Å²) in [6, 6.07) is 0.182. The highest BCUT2D eigenvalue weighted by atomic mass is 28.4. The zero-order valence-electron chi connectivity index (χ0n) is 14.7. The predicted molar refractivity (Wildman–Crippen MR) is 90.7 cm³/mol. The molecule has 0 spiro atoms. The third kappa shape index (κ3) is 10.2. The zero-order valence-corrected chi connectivity index (χ0v) is 15.7. The molecule has 2 amide bonds. The van der Waals surface area contributed by atoms with Gasteiger partial charge in [-0.05, 0) is 33.6 Å². The molecular formula is C15H34N2O4Si. The molecule has 1 unspecified atom stereocenters. The lowest BCUT2D eigenvalue weighted by atomic mass is 10.1. The van der Waals surface area contributed by atoms with E-state index in [2.05, 4.69) is 19.2 Å². The van der Waals surface area contributed by atoms with Crippen LogP contribution in [0.4, 0.5) is 4.79 Å². The van der Waals surface area contributed by atoms with Gasteiger partial charge in [-0.25, -0.2) is 4.79 Å². The zero-order chi connectivity index (χ0) is 16.8. The number of primary amides is 1. The van der Waals surface area contributed by atoms with Crippen LogP contribution >= 0.6 is 0 Å². The van der Waals surface area contributed by atoms with E-state index in [1.807, 2.05) is 13.8 Å². The average Bonchev–Trinajstić information content (AvgIpc) is 2.44. The molecule has 0 aliphatic heterocycles. The Morgan fingerprint density at radius 1 is 1.14 bits per heavy atom. The van der Waals surface area contributed by atoms with Crippen molar-refractivity contribution in [1.29, 1.82) is 0 Å². The SMILES string of the molecule is CCCCCC(C)O[Si](CCCNC(N)=O)(OCC)OCC. The maximum absolute atomic E-state index is 10.7. The van der Waals surface area contributed by atoms with E-state index in [0.717, 1.165) is 19.3 Å². The number of rotatable bonds is 14. The summed E-state index contributed by atoms with van der Waals surface area (Å²) in [7, 11) is -2.68.